The van der Waals surface area contributed by atoms with Crippen LogP contribution in [0.1, 0.15) is 51.5 Å². The highest BCUT2D eigenvalue weighted by Gasteiger charge is 2.38. The highest BCUT2D eigenvalue weighted by Crippen LogP contribution is 2.32. The van der Waals surface area contributed by atoms with Gasteiger partial charge in [-0.3, -0.25) is 4.90 Å². The number of likely N-dealkylation sites (N-methyl/N-ethyl adjacent to an activating group) is 1. The van der Waals surface area contributed by atoms with Crippen molar-refractivity contribution in [2.45, 2.75) is 64.0 Å². The van der Waals surface area contributed by atoms with E-state index in [0.29, 0.717) is 0 Å². The van der Waals surface area contributed by atoms with Gasteiger partial charge in [-0.1, -0.05) is 57.0 Å². The Morgan fingerprint density at radius 3 is 2.30 bits per heavy atom. The molecule has 0 heterocycles. The van der Waals surface area contributed by atoms with Gasteiger partial charge in [0, 0.05) is 18.1 Å². The Morgan fingerprint density at radius 1 is 1.15 bits per heavy atom. The second-order valence-electron chi connectivity index (χ2n) is 6.17. The van der Waals surface area contributed by atoms with E-state index in [4.69, 9.17) is 5.73 Å². The van der Waals surface area contributed by atoms with Gasteiger partial charge in [0.1, 0.15) is 0 Å². The zero-order chi connectivity index (χ0) is 14.4. The van der Waals surface area contributed by atoms with E-state index >= 15 is 0 Å². The molecule has 112 valence electrons. The number of nitrogens with two attached hydrogens (primary N) is 1. The summed E-state index contributed by atoms with van der Waals surface area (Å²) in [6.45, 7) is 6.46. The van der Waals surface area contributed by atoms with Crippen molar-refractivity contribution in [2.24, 2.45) is 5.73 Å². The standard InChI is InChI=1S/C18H30N2/c1-3-18(15-19,14-16-10-6-5-7-11-16)20(4-2)17-12-8-9-13-17/h5-7,10-11,17H,3-4,8-9,12-15,19H2,1-2H3. The summed E-state index contributed by atoms with van der Waals surface area (Å²) in [6.07, 6.45) is 7.68. The Hall–Kier alpha value is -0.860. The van der Waals surface area contributed by atoms with Crippen molar-refractivity contribution in [2.75, 3.05) is 13.1 Å². The SMILES string of the molecule is CCN(C1CCCC1)C(CC)(CN)Cc1ccccc1. The first-order chi connectivity index (χ1) is 9.75. The topological polar surface area (TPSA) is 29.3 Å². The maximum absolute atomic E-state index is 6.27. The third-order valence-electron chi connectivity index (χ3n) is 5.13. The van der Waals surface area contributed by atoms with Crippen LogP contribution in [0.5, 0.6) is 0 Å². The van der Waals surface area contributed by atoms with E-state index in [9.17, 15) is 0 Å². The molecule has 2 nitrogen and oxygen atoms in total. The van der Waals surface area contributed by atoms with Crippen LogP contribution in [0.25, 0.3) is 0 Å². The molecule has 2 N–H and O–H groups in total. The molecule has 1 atom stereocenters. The first kappa shape index (κ1) is 15.5. The summed E-state index contributed by atoms with van der Waals surface area (Å²) in [6, 6.07) is 11.6. The van der Waals surface area contributed by atoms with E-state index in [0.717, 1.165) is 32.0 Å². The van der Waals surface area contributed by atoms with Gasteiger partial charge in [0.25, 0.3) is 0 Å². The number of rotatable bonds is 7. The van der Waals surface area contributed by atoms with Crippen LogP contribution in [-0.4, -0.2) is 29.6 Å². The minimum atomic E-state index is 0.130. The van der Waals surface area contributed by atoms with Crippen LogP contribution < -0.4 is 5.73 Å². The van der Waals surface area contributed by atoms with Gasteiger partial charge in [0.2, 0.25) is 0 Å². The number of hydrogen-bond donors (Lipinski definition) is 1. The third-order valence-corrected chi connectivity index (χ3v) is 5.13. The van der Waals surface area contributed by atoms with Crippen LogP contribution in [0.4, 0.5) is 0 Å². The molecular weight excluding hydrogens is 244 g/mol. The number of hydrogen-bond acceptors (Lipinski definition) is 2. The van der Waals surface area contributed by atoms with Crippen molar-refractivity contribution in [3.63, 3.8) is 0 Å². The lowest BCUT2D eigenvalue weighted by Crippen LogP contribution is -2.58. The summed E-state index contributed by atoms with van der Waals surface area (Å²) >= 11 is 0. The molecule has 0 spiro atoms. The average molecular weight is 274 g/mol. The quantitative estimate of drug-likeness (QED) is 0.823. The van der Waals surface area contributed by atoms with Crippen LogP contribution in [0.15, 0.2) is 30.3 Å². The number of benzene rings is 1. The van der Waals surface area contributed by atoms with Crippen LogP contribution in [0.3, 0.4) is 0 Å². The highest BCUT2D eigenvalue weighted by molar-refractivity contribution is 5.18. The molecule has 0 saturated heterocycles. The molecule has 0 aromatic heterocycles. The molecule has 0 amide bonds. The molecule has 1 saturated carbocycles. The van der Waals surface area contributed by atoms with E-state index in [1.807, 2.05) is 0 Å². The van der Waals surface area contributed by atoms with E-state index < -0.39 is 0 Å². The monoisotopic (exact) mass is 274 g/mol. The molecule has 1 aliphatic rings. The van der Waals surface area contributed by atoms with Gasteiger partial charge >= 0.3 is 0 Å². The molecule has 20 heavy (non-hydrogen) atoms. The van der Waals surface area contributed by atoms with Crippen molar-refractivity contribution in [3.8, 4) is 0 Å². The van der Waals surface area contributed by atoms with Gasteiger partial charge in [-0.25, -0.2) is 0 Å². The first-order valence-electron chi connectivity index (χ1n) is 8.26. The van der Waals surface area contributed by atoms with Crippen LogP contribution in [0.2, 0.25) is 0 Å². The third kappa shape index (κ3) is 3.24. The normalized spacial score (nSPS) is 19.4. The largest absolute Gasteiger partial charge is 0.329 e. The van der Waals surface area contributed by atoms with Crippen molar-refractivity contribution >= 4 is 0 Å². The molecule has 1 fully saturated rings. The smallest absolute Gasteiger partial charge is 0.0372 e. The van der Waals surface area contributed by atoms with Gasteiger partial charge in [0.05, 0.1) is 0 Å². The summed E-state index contributed by atoms with van der Waals surface area (Å²) < 4.78 is 0. The zero-order valence-corrected chi connectivity index (χ0v) is 13.1. The molecule has 1 unspecified atom stereocenters. The maximum Gasteiger partial charge on any atom is 0.0372 e. The predicted molar refractivity (Wildman–Crippen MR) is 86.9 cm³/mol. The lowest BCUT2D eigenvalue weighted by atomic mass is 9.84. The maximum atomic E-state index is 6.27. The van der Waals surface area contributed by atoms with Crippen LogP contribution >= 0.6 is 0 Å². The number of nitrogens with zero attached hydrogens (tertiary/aromatic N) is 1. The minimum Gasteiger partial charge on any atom is -0.329 e. The fourth-order valence-electron chi connectivity index (χ4n) is 3.94. The van der Waals surface area contributed by atoms with E-state index in [-0.39, 0.29) is 5.54 Å². The predicted octanol–water partition coefficient (Wildman–Crippen LogP) is 3.60. The molecule has 1 aromatic carbocycles. The Labute approximate surface area is 124 Å². The van der Waals surface area contributed by atoms with Gasteiger partial charge in [-0.15, -0.1) is 0 Å². The Morgan fingerprint density at radius 2 is 1.80 bits per heavy atom. The molecule has 1 aliphatic carbocycles. The Balaban J connectivity index is 2.22. The van der Waals surface area contributed by atoms with Gasteiger partial charge in [0.15, 0.2) is 0 Å². The van der Waals surface area contributed by atoms with Crippen LogP contribution in [-0.2, 0) is 6.42 Å². The van der Waals surface area contributed by atoms with E-state index in [1.54, 1.807) is 0 Å². The molecule has 0 aliphatic heterocycles. The fourth-order valence-corrected chi connectivity index (χ4v) is 3.94. The molecule has 0 radical (unpaired) electrons. The summed E-state index contributed by atoms with van der Waals surface area (Å²) in [7, 11) is 0. The van der Waals surface area contributed by atoms with Crippen molar-refractivity contribution in [1.82, 2.24) is 4.90 Å². The molecule has 0 bridgehead atoms. The van der Waals surface area contributed by atoms with Gasteiger partial charge in [-0.05, 0) is 37.8 Å². The second-order valence-corrected chi connectivity index (χ2v) is 6.17. The van der Waals surface area contributed by atoms with Crippen molar-refractivity contribution < 1.29 is 0 Å². The first-order valence-corrected chi connectivity index (χ1v) is 8.26. The Bertz CT molecular complexity index is 378. The molecule has 2 heteroatoms. The van der Waals surface area contributed by atoms with Crippen molar-refractivity contribution in [1.29, 1.82) is 0 Å². The van der Waals surface area contributed by atoms with Gasteiger partial charge in [-0.2, -0.15) is 0 Å². The van der Waals surface area contributed by atoms with Crippen LogP contribution in [0, 0.1) is 0 Å². The molecule has 2 rings (SSSR count). The zero-order valence-electron chi connectivity index (χ0n) is 13.1. The Kier molecular flexibility index (Phi) is 5.62. The molecule has 1 aromatic rings. The average Bonchev–Trinajstić information content (AvgIpc) is 3.02. The summed E-state index contributed by atoms with van der Waals surface area (Å²) in [5.74, 6) is 0. The van der Waals surface area contributed by atoms with Crippen molar-refractivity contribution in [3.05, 3.63) is 35.9 Å². The highest BCUT2D eigenvalue weighted by atomic mass is 15.2. The summed E-state index contributed by atoms with van der Waals surface area (Å²) in [5, 5.41) is 0. The van der Waals surface area contributed by atoms with E-state index in [2.05, 4.69) is 49.1 Å². The van der Waals surface area contributed by atoms with Gasteiger partial charge < -0.3 is 5.73 Å². The minimum absolute atomic E-state index is 0.130. The van der Waals surface area contributed by atoms with E-state index in [1.165, 1.54) is 31.2 Å². The molecular formula is C18H30N2. The summed E-state index contributed by atoms with van der Waals surface area (Å²) in [5.41, 5.74) is 7.81. The lowest BCUT2D eigenvalue weighted by molar-refractivity contribution is 0.0509. The second kappa shape index (κ2) is 7.24. The lowest BCUT2D eigenvalue weighted by Gasteiger charge is -2.46. The fraction of sp³-hybridized carbons (Fsp3) is 0.667. The summed E-state index contributed by atoms with van der Waals surface area (Å²) in [4.78, 5) is 2.72.